The quantitative estimate of drug-likeness (QED) is 0.849. The molecule has 26 heavy (non-hydrogen) atoms. The van der Waals surface area contributed by atoms with E-state index in [0.29, 0.717) is 32.7 Å². The average molecular weight is 352 g/mol. The summed E-state index contributed by atoms with van der Waals surface area (Å²) in [7, 11) is 0. The fourth-order valence-corrected chi connectivity index (χ4v) is 3.83. The summed E-state index contributed by atoms with van der Waals surface area (Å²) in [5, 5.41) is 0. The predicted octanol–water partition coefficient (Wildman–Crippen LogP) is 2.77. The van der Waals surface area contributed by atoms with Gasteiger partial charge in [-0.25, -0.2) is 0 Å². The maximum atomic E-state index is 13.3. The molecule has 136 valence electrons. The molecule has 0 aliphatic carbocycles. The average Bonchev–Trinajstić information content (AvgIpc) is 3.16. The Labute approximate surface area is 153 Å². The van der Waals surface area contributed by atoms with Gasteiger partial charge in [0.15, 0.2) is 5.79 Å². The number of ether oxygens (including phenoxy) is 2. The second-order valence-electron chi connectivity index (χ2n) is 6.92. The number of pyridine rings is 1. The molecular formula is C21H24N2O3. The van der Waals surface area contributed by atoms with Crippen LogP contribution < -0.4 is 0 Å². The lowest BCUT2D eigenvalue weighted by Crippen LogP contribution is -2.48. The van der Waals surface area contributed by atoms with E-state index in [1.165, 1.54) is 0 Å². The maximum Gasteiger partial charge on any atom is 0.230 e. The van der Waals surface area contributed by atoms with Crippen LogP contribution >= 0.6 is 0 Å². The van der Waals surface area contributed by atoms with Gasteiger partial charge in [0.1, 0.15) is 0 Å². The van der Waals surface area contributed by atoms with Gasteiger partial charge in [-0.05, 0) is 17.7 Å². The Kier molecular flexibility index (Phi) is 5.00. The Bertz CT molecular complexity index is 719. The van der Waals surface area contributed by atoms with Crippen LogP contribution in [0.15, 0.2) is 54.7 Å². The Morgan fingerprint density at radius 3 is 2.38 bits per heavy atom. The lowest BCUT2D eigenvalue weighted by molar-refractivity contribution is -0.187. The molecular weight excluding hydrogens is 328 g/mol. The number of aromatic nitrogens is 1. The van der Waals surface area contributed by atoms with Crippen molar-refractivity contribution >= 4 is 5.91 Å². The van der Waals surface area contributed by atoms with Crippen LogP contribution in [-0.4, -0.2) is 47.9 Å². The lowest BCUT2D eigenvalue weighted by atomic mass is 9.91. The highest BCUT2D eigenvalue weighted by Crippen LogP contribution is 2.33. The van der Waals surface area contributed by atoms with E-state index < -0.39 is 5.79 Å². The van der Waals surface area contributed by atoms with Crippen LogP contribution in [0.3, 0.4) is 0 Å². The van der Waals surface area contributed by atoms with Gasteiger partial charge in [0.25, 0.3) is 0 Å². The summed E-state index contributed by atoms with van der Waals surface area (Å²) in [4.78, 5) is 19.7. The van der Waals surface area contributed by atoms with E-state index in [1.54, 1.807) is 6.20 Å². The molecule has 5 nitrogen and oxygen atoms in total. The number of carbonyl (C=O) groups is 1. The van der Waals surface area contributed by atoms with Gasteiger partial charge in [-0.15, -0.1) is 0 Å². The Hall–Kier alpha value is -2.24. The summed E-state index contributed by atoms with van der Waals surface area (Å²) in [5.41, 5.74) is 1.97. The van der Waals surface area contributed by atoms with Crippen molar-refractivity contribution in [2.75, 3.05) is 26.3 Å². The standard InChI is InChI=1S/C21H24N2O3/c24-20(23-12-9-21(10-13-23)25-14-15-26-21)19(17-6-2-1-3-7-17)16-18-8-4-5-11-22-18/h1-8,11,19H,9-10,12-16H2. The minimum atomic E-state index is -0.458. The van der Waals surface area contributed by atoms with Crippen molar-refractivity contribution in [2.24, 2.45) is 0 Å². The molecule has 3 heterocycles. The van der Waals surface area contributed by atoms with Crippen LogP contribution in [0.4, 0.5) is 0 Å². The van der Waals surface area contributed by atoms with Crippen molar-refractivity contribution in [1.82, 2.24) is 9.88 Å². The van der Waals surface area contributed by atoms with E-state index in [0.717, 1.165) is 24.1 Å². The summed E-state index contributed by atoms with van der Waals surface area (Å²) < 4.78 is 11.6. The molecule has 1 unspecified atom stereocenters. The van der Waals surface area contributed by atoms with Gasteiger partial charge in [-0.3, -0.25) is 9.78 Å². The van der Waals surface area contributed by atoms with Crippen LogP contribution in [0.25, 0.3) is 0 Å². The van der Waals surface area contributed by atoms with Crippen LogP contribution in [0, 0.1) is 0 Å². The maximum absolute atomic E-state index is 13.3. The number of hydrogen-bond acceptors (Lipinski definition) is 4. The Morgan fingerprint density at radius 1 is 1.04 bits per heavy atom. The first kappa shape index (κ1) is 17.2. The van der Waals surface area contributed by atoms with Gasteiger partial charge < -0.3 is 14.4 Å². The molecule has 1 atom stereocenters. The summed E-state index contributed by atoms with van der Waals surface area (Å²) in [5.74, 6) is -0.514. The van der Waals surface area contributed by atoms with Crippen LogP contribution in [0.5, 0.6) is 0 Å². The van der Waals surface area contributed by atoms with Gasteiger partial charge in [-0.1, -0.05) is 36.4 Å². The molecule has 0 saturated carbocycles. The second kappa shape index (κ2) is 7.56. The van der Waals surface area contributed by atoms with Gasteiger partial charge in [-0.2, -0.15) is 0 Å². The van der Waals surface area contributed by atoms with Crippen molar-refractivity contribution in [3.05, 3.63) is 66.0 Å². The summed E-state index contributed by atoms with van der Waals surface area (Å²) in [6.45, 7) is 2.65. The molecule has 1 aromatic carbocycles. The highest BCUT2D eigenvalue weighted by Gasteiger charge is 2.41. The Balaban J connectivity index is 1.51. The number of likely N-dealkylation sites (tertiary alicyclic amines) is 1. The minimum Gasteiger partial charge on any atom is -0.347 e. The van der Waals surface area contributed by atoms with E-state index in [9.17, 15) is 4.79 Å². The topological polar surface area (TPSA) is 51.7 Å². The van der Waals surface area contributed by atoms with Gasteiger partial charge in [0.2, 0.25) is 5.91 Å². The molecule has 0 bridgehead atoms. The zero-order valence-electron chi connectivity index (χ0n) is 14.8. The monoisotopic (exact) mass is 352 g/mol. The fraction of sp³-hybridized carbons (Fsp3) is 0.429. The van der Waals surface area contributed by atoms with Gasteiger partial charge in [0.05, 0.1) is 19.1 Å². The zero-order valence-corrected chi connectivity index (χ0v) is 14.8. The fourth-order valence-electron chi connectivity index (χ4n) is 3.83. The van der Waals surface area contributed by atoms with Crippen molar-refractivity contribution in [3.8, 4) is 0 Å². The zero-order chi connectivity index (χ0) is 17.8. The summed E-state index contributed by atoms with van der Waals surface area (Å²) in [6.07, 6.45) is 3.87. The minimum absolute atomic E-state index is 0.162. The van der Waals surface area contributed by atoms with E-state index in [-0.39, 0.29) is 11.8 Å². The van der Waals surface area contributed by atoms with Gasteiger partial charge >= 0.3 is 0 Å². The van der Waals surface area contributed by atoms with Crippen molar-refractivity contribution in [3.63, 3.8) is 0 Å². The third kappa shape index (κ3) is 3.64. The molecule has 2 aliphatic rings. The molecule has 2 aliphatic heterocycles. The number of amides is 1. The first-order valence-electron chi connectivity index (χ1n) is 9.27. The van der Waals surface area contributed by atoms with E-state index in [4.69, 9.17) is 9.47 Å². The number of benzene rings is 1. The van der Waals surface area contributed by atoms with Crippen LogP contribution in [0.1, 0.15) is 30.0 Å². The van der Waals surface area contributed by atoms with E-state index in [2.05, 4.69) is 4.98 Å². The van der Waals surface area contributed by atoms with Gasteiger partial charge in [0, 0.05) is 44.2 Å². The number of piperidine rings is 1. The van der Waals surface area contributed by atoms with Crippen LogP contribution in [0.2, 0.25) is 0 Å². The lowest BCUT2D eigenvalue weighted by Gasteiger charge is -2.39. The van der Waals surface area contributed by atoms with E-state index in [1.807, 2.05) is 53.4 Å². The largest absolute Gasteiger partial charge is 0.347 e. The molecule has 1 spiro atoms. The molecule has 2 fully saturated rings. The molecule has 4 rings (SSSR count). The van der Waals surface area contributed by atoms with Crippen molar-refractivity contribution in [1.29, 1.82) is 0 Å². The number of hydrogen-bond donors (Lipinski definition) is 0. The Morgan fingerprint density at radius 2 is 1.73 bits per heavy atom. The van der Waals surface area contributed by atoms with Crippen molar-refractivity contribution < 1.29 is 14.3 Å². The predicted molar refractivity (Wildman–Crippen MR) is 97.6 cm³/mol. The molecule has 0 radical (unpaired) electrons. The smallest absolute Gasteiger partial charge is 0.230 e. The number of rotatable bonds is 4. The second-order valence-corrected chi connectivity index (χ2v) is 6.92. The third-order valence-electron chi connectivity index (χ3n) is 5.29. The highest BCUT2D eigenvalue weighted by molar-refractivity contribution is 5.84. The molecule has 1 aromatic heterocycles. The molecule has 0 N–H and O–H groups in total. The first-order chi connectivity index (χ1) is 12.8. The highest BCUT2D eigenvalue weighted by atomic mass is 16.7. The molecule has 1 amide bonds. The van der Waals surface area contributed by atoms with E-state index >= 15 is 0 Å². The normalized spacial score (nSPS) is 20.2. The summed E-state index contributed by atoms with van der Waals surface area (Å²) in [6, 6.07) is 15.8. The first-order valence-corrected chi connectivity index (χ1v) is 9.27. The molecule has 2 saturated heterocycles. The number of nitrogens with zero attached hydrogens (tertiary/aromatic N) is 2. The van der Waals surface area contributed by atoms with Crippen LogP contribution in [-0.2, 0) is 20.7 Å². The number of carbonyl (C=O) groups excluding carboxylic acids is 1. The summed E-state index contributed by atoms with van der Waals surface area (Å²) >= 11 is 0. The third-order valence-corrected chi connectivity index (χ3v) is 5.29. The molecule has 5 heteroatoms. The molecule has 2 aromatic rings. The van der Waals surface area contributed by atoms with Crippen molar-refractivity contribution in [2.45, 2.75) is 31.0 Å². The SMILES string of the molecule is O=C(C(Cc1ccccn1)c1ccccc1)N1CCC2(CC1)OCCO2.